The second kappa shape index (κ2) is 10.1. The van der Waals surface area contributed by atoms with Gasteiger partial charge in [-0.1, -0.05) is 23.7 Å². The molecule has 8 heteroatoms. The van der Waals surface area contributed by atoms with E-state index < -0.39 is 0 Å². The van der Waals surface area contributed by atoms with Gasteiger partial charge in [0, 0.05) is 23.7 Å². The summed E-state index contributed by atoms with van der Waals surface area (Å²) < 4.78 is 28.5. The molecule has 0 aromatic heterocycles. The van der Waals surface area contributed by atoms with Crippen LogP contribution < -0.4 is 23.7 Å². The number of ether oxygens (including phenoxy) is 5. The largest absolute Gasteiger partial charge is 0.493 e. The molecule has 2 aliphatic heterocycles. The number of hydrogen-bond donors (Lipinski definition) is 0. The van der Waals surface area contributed by atoms with Crippen molar-refractivity contribution in [3.63, 3.8) is 0 Å². The van der Waals surface area contributed by atoms with E-state index >= 15 is 0 Å². The Hall–Kier alpha value is -3.68. The van der Waals surface area contributed by atoms with Crippen molar-refractivity contribution in [2.45, 2.75) is 13.0 Å². The molecule has 186 valence electrons. The van der Waals surface area contributed by atoms with E-state index in [1.807, 2.05) is 30.3 Å². The number of methoxy groups -OCH3 is 3. The maximum absolute atomic E-state index is 13.2. The Balaban J connectivity index is 1.39. The van der Waals surface area contributed by atoms with Gasteiger partial charge in [-0.05, 0) is 54.5 Å². The molecule has 7 nitrogen and oxygen atoms in total. The van der Waals surface area contributed by atoms with Crippen LogP contribution in [0.5, 0.6) is 28.7 Å². The number of fused-ring (bicyclic) bond motifs is 3. The van der Waals surface area contributed by atoms with Gasteiger partial charge in [-0.15, -0.1) is 0 Å². The molecule has 0 atom stereocenters. The van der Waals surface area contributed by atoms with Crippen LogP contribution >= 0.6 is 11.6 Å². The lowest BCUT2D eigenvalue weighted by molar-refractivity contribution is 0.0950. The molecule has 0 aliphatic carbocycles. The molecule has 0 radical (unpaired) electrons. The number of carbonyl (C=O) groups excluding carboxylic acids is 1. The summed E-state index contributed by atoms with van der Waals surface area (Å²) in [5.41, 5.74) is 3.22. The Labute approximate surface area is 214 Å². The maximum atomic E-state index is 13.2. The van der Waals surface area contributed by atoms with E-state index in [4.69, 9.17) is 35.3 Å². The average molecular weight is 508 g/mol. The molecular weight excluding hydrogens is 482 g/mol. The number of rotatable bonds is 7. The standard InChI is InChI=1S/C28H26ClNO6/c1-32-23-10-6-18(26(33-2)28(23)34-3)14-24-25(31)20-9-11-22-21(27(20)36-24)15-30(16-35-22)13-12-17-4-7-19(29)8-5-17/h4-11,14H,12-13,15-16H2,1-3H3/b24-14-. The number of halogens is 1. The topological polar surface area (TPSA) is 66.5 Å². The number of hydrogen-bond acceptors (Lipinski definition) is 7. The monoisotopic (exact) mass is 507 g/mol. The minimum Gasteiger partial charge on any atom is -0.493 e. The van der Waals surface area contributed by atoms with Crippen molar-refractivity contribution in [3.8, 4) is 28.7 Å². The maximum Gasteiger partial charge on any atom is 0.231 e. The number of Topliss-reactive ketones (excluding diaryl/α,β-unsaturated/α-hetero) is 1. The highest BCUT2D eigenvalue weighted by molar-refractivity contribution is 6.30. The zero-order valence-corrected chi connectivity index (χ0v) is 21.1. The third-order valence-corrected chi connectivity index (χ3v) is 6.59. The fraction of sp³-hybridized carbons (Fsp3) is 0.250. The summed E-state index contributed by atoms with van der Waals surface area (Å²) in [6, 6.07) is 15.0. The van der Waals surface area contributed by atoms with Crippen LogP contribution in [0.3, 0.4) is 0 Å². The summed E-state index contributed by atoms with van der Waals surface area (Å²) in [5.74, 6) is 2.72. The van der Waals surface area contributed by atoms with Crippen LogP contribution in [0.1, 0.15) is 27.0 Å². The zero-order chi connectivity index (χ0) is 25.2. The van der Waals surface area contributed by atoms with Gasteiger partial charge in [0.2, 0.25) is 11.5 Å². The molecule has 3 aromatic carbocycles. The van der Waals surface area contributed by atoms with Gasteiger partial charge < -0.3 is 23.7 Å². The molecule has 2 aliphatic rings. The van der Waals surface area contributed by atoms with Crippen molar-refractivity contribution < 1.29 is 28.5 Å². The highest BCUT2D eigenvalue weighted by Gasteiger charge is 2.34. The van der Waals surface area contributed by atoms with E-state index in [1.165, 1.54) is 19.8 Å². The number of nitrogens with zero attached hydrogens (tertiary/aromatic N) is 1. The van der Waals surface area contributed by atoms with E-state index in [2.05, 4.69) is 4.90 Å². The van der Waals surface area contributed by atoms with Crippen LogP contribution in [0.25, 0.3) is 6.08 Å². The van der Waals surface area contributed by atoms with Gasteiger partial charge in [0.1, 0.15) is 18.2 Å². The van der Waals surface area contributed by atoms with Gasteiger partial charge in [-0.3, -0.25) is 9.69 Å². The summed E-state index contributed by atoms with van der Waals surface area (Å²) >= 11 is 6.00. The molecule has 0 amide bonds. The molecule has 0 N–H and O–H groups in total. The molecule has 0 spiro atoms. The first kappa shape index (κ1) is 24.0. The highest BCUT2D eigenvalue weighted by Crippen LogP contribution is 2.44. The van der Waals surface area contributed by atoms with Gasteiger partial charge in [0.15, 0.2) is 17.3 Å². The SMILES string of the molecule is COc1ccc(/C=C2\Oc3c(ccc4c3CN(CCc3ccc(Cl)cc3)CO4)C2=O)c(OC)c1OC. The number of carbonyl (C=O) groups is 1. The molecule has 2 heterocycles. The van der Waals surface area contributed by atoms with E-state index in [-0.39, 0.29) is 11.5 Å². The average Bonchev–Trinajstić information content (AvgIpc) is 3.23. The number of ketones is 1. The lowest BCUT2D eigenvalue weighted by Crippen LogP contribution is -2.33. The minimum absolute atomic E-state index is 0.192. The number of allylic oxidation sites excluding steroid dienone is 1. The van der Waals surface area contributed by atoms with E-state index in [0.717, 1.165) is 29.3 Å². The molecule has 0 bridgehead atoms. The third kappa shape index (κ3) is 4.47. The summed E-state index contributed by atoms with van der Waals surface area (Å²) in [4.78, 5) is 15.4. The normalized spacial score (nSPS) is 15.7. The molecule has 0 saturated heterocycles. The molecule has 5 rings (SSSR count). The fourth-order valence-electron chi connectivity index (χ4n) is 4.47. The predicted octanol–water partition coefficient (Wildman–Crippen LogP) is 5.38. The first-order chi connectivity index (χ1) is 17.5. The van der Waals surface area contributed by atoms with E-state index in [0.29, 0.717) is 47.4 Å². The van der Waals surface area contributed by atoms with Crippen LogP contribution in [-0.2, 0) is 13.0 Å². The molecule has 3 aromatic rings. The van der Waals surface area contributed by atoms with Gasteiger partial charge >= 0.3 is 0 Å². The molecule has 0 saturated carbocycles. The van der Waals surface area contributed by atoms with Gasteiger partial charge in [-0.25, -0.2) is 0 Å². The van der Waals surface area contributed by atoms with Gasteiger partial charge in [0.25, 0.3) is 0 Å². The van der Waals surface area contributed by atoms with Crippen molar-refractivity contribution >= 4 is 23.5 Å². The van der Waals surface area contributed by atoms with Crippen molar-refractivity contribution in [1.29, 1.82) is 0 Å². The van der Waals surface area contributed by atoms with E-state index in [1.54, 1.807) is 31.4 Å². The van der Waals surface area contributed by atoms with Crippen LogP contribution in [0.4, 0.5) is 0 Å². The van der Waals surface area contributed by atoms with Crippen molar-refractivity contribution in [1.82, 2.24) is 4.90 Å². The summed E-state index contributed by atoms with van der Waals surface area (Å²) in [5, 5.41) is 0.723. The number of benzene rings is 3. The Morgan fingerprint density at radius 2 is 1.75 bits per heavy atom. The third-order valence-electron chi connectivity index (χ3n) is 6.33. The van der Waals surface area contributed by atoms with Gasteiger partial charge in [0.05, 0.1) is 32.5 Å². The lowest BCUT2D eigenvalue weighted by Gasteiger charge is -2.29. The van der Waals surface area contributed by atoms with E-state index in [9.17, 15) is 4.79 Å². The quantitative estimate of drug-likeness (QED) is 0.398. The second-order valence-corrected chi connectivity index (χ2v) is 8.92. The first-order valence-electron chi connectivity index (χ1n) is 11.5. The van der Waals surface area contributed by atoms with Crippen LogP contribution in [-0.4, -0.2) is 45.3 Å². The zero-order valence-electron chi connectivity index (χ0n) is 20.3. The smallest absolute Gasteiger partial charge is 0.231 e. The van der Waals surface area contributed by atoms with Crippen LogP contribution in [0, 0.1) is 0 Å². The molecule has 0 fully saturated rings. The second-order valence-electron chi connectivity index (χ2n) is 8.48. The lowest BCUT2D eigenvalue weighted by atomic mass is 10.0. The van der Waals surface area contributed by atoms with Crippen molar-refractivity contribution in [2.75, 3.05) is 34.6 Å². The first-order valence-corrected chi connectivity index (χ1v) is 11.9. The molecular formula is C28H26ClNO6. The molecule has 0 unspecified atom stereocenters. The fourth-order valence-corrected chi connectivity index (χ4v) is 4.59. The van der Waals surface area contributed by atoms with Crippen molar-refractivity contribution in [2.24, 2.45) is 0 Å². The van der Waals surface area contributed by atoms with Crippen LogP contribution in [0.2, 0.25) is 5.02 Å². The molecule has 36 heavy (non-hydrogen) atoms. The van der Waals surface area contributed by atoms with Crippen molar-refractivity contribution in [3.05, 3.63) is 81.6 Å². The summed E-state index contributed by atoms with van der Waals surface area (Å²) in [7, 11) is 4.63. The Kier molecular flexibility index (Phi) is 6.76. The predicted molar refractivity (Wildman–Crippen MR) is 137 cm³/mol. The minimum atomic E-state index is -0.192. The van der Waals surface area contributed by atoms with Gasteiger partial charge in [-0.2, -0.15) is 0 Å². The summed E-state index contributed by atoms with van der Waals surface area (Å²) in [6.45, 7) is 1.88. The Morgan fingerprint density at radius 1 is 0.972 bits per heavy atom. The highest BCUT2D eigenvalue weighted by atomic mass is 35.5. The van der Waals surface area contributed by atoms with Crippen LogP contribution in [0.15, 0.2) is 54.3 Å². The summed E-state index contributed by atoms with van der Waals surface area (Å²) in [6.07, 6.45) is 2.52. The Morgan fingerprint density at radius 3 is 2.47 bits per heavy atom. The Bertz CT molecular complexity index is 1330.